The molecule has 28 heavy (non-hydrogen) atoms. The summed E-state index contributed by atoms with van der Waals surface area (Å²) in [6.45, 7) is -0.144. The summed E-state index contributed by atoms with van der Waals surface area (Å²) in [5.41, 5.74) is -0.257. The molecule has 0 aliphatic carbocycles. The Morgan fingerprint density at radius 1 is 0.964 bits per heavy atom. The predicted molar refractivity (Wildman–Crippen MR) is 103 cm³/mol. The van der Waals surface area contributed by atoms with Crippen molar-refractivity contribution in [3.8, 4) is 17.2 Å². The van der Waals surface area contributed by atoms with Gasteiger partial charge in [-0.25, -0.2) is 13.2 Å². The third kappa shape index (κ3) is 4.17. The van der Waals surface area contributed by atoms with E-state index in [1.54, 1.807) is 31.4 Å². The molecule has 0 saturated heterocycles. The van der Waals surface area contributed by atoms with Crippen LogP contribution in [-0.4, -0.2) is 44.1 Å². The van der Waals surface area contributed by atoms with Crippen LogP contribution in [0.3, 0.4) is 0 Å². The number of benzene rings is 3. The maximum absolute atomic E-state index is 12.6. The van der Waals surface area contributed by atoms with Gasteiger partial charge in [0.2, 0.25) is 0 Å². The van der Waals surface area contributed by atoms with E-state index in [0.717, 1.165) is 16.8 Å². The van der Waals surface area contributed by atoms with Crippen molar-refractivity contribution in [2.45, 2.75) is 4.90 Å². The lowest BCUT2D eigenvalue weighted by Crippen LogP contribution is -2.14. The zero-order chi connectivity index (χ0) is 20.3. The summed E-state index contributed by atoms with van der Waals surface area (Å²) in [7, 11) is -2.02. The summed E-state index contributed by atoms with van der Waals surface area (Å²) < 4.78 is 35.6. The first kappa shape index (κ1) is 19.5. The number of aromatic carboxylic acids is 1. The minimum Gasteiger partial charge on any atom is -0.507 e. The number of phenols is 1. The molecule has 7 nitrogen and oxygen atoms in total. The number of ether oxygens (including phenoxy) is 2. The maximum atomic E-state index is 12.6. The second kappa shape index (κ2) is 7.77. The van der Waals surface area contributed by atoms with Crippen LogP contribution in [0, 0.1) is 0 Å². The molecule has 0 unspecified atom stereocenters. The molecule has 2 N–H and O–H groups in total. The first-order valence-corrected chi connectivity index (χ1v) is 9.95. The van der Waals surface area contributed by atoms with E-state index < -0.39 is 21.6 Å². The Balaban J connectivity index is 1.71. The Hall–Kier alpha value is -3.26. The van der Waals surface area contributed by atoms with Crippen molar-refractivity contribution in [2.75, 3.05) is 19.5 Å². The number of carboxylic acids is 1. The van der Waals surface area contributed by atoms with Crippen LogP contribution in [0.1, 0.15) is 10.4 Å². The molecule has 0 radical (unpaired) electrons. The van der Waals surface area contributed by atoms with E-state index in [9.17, 15) is 18.3 Å². The molecule has 0 amide bonds. The Bertz CT molecular complexity index is 1140. The summed E-state index contributed by atoms with van der Waals surface area (Å²) in [5.74, 6) is -1.11. The molecule has 3 aromatic carbocycles. The van der Waals surface area contributed by atoms with E-state index in [1.807, 2.05) is 6.07 Å². The molecule has 146 valence electrons. The van der Waals surface area contributed by atoms with Gasteiger partial charge in [-0.15, -0.1) is 0 Å². The van der Waals surface area contributed by atoms with Crippen LogP contribution < -0.4 is 9.47 Å². The number of aromatic hydroxyl groups is 1. The van der Waals surface area contributed by atoms with E-state index in [2.05, 4.69) is 0 Å². The first-order chi connectivity index (χ1) is 13.3. The lowest BCUT2D eigenvalue weighted by Gasteiger charge is -2.09. The number of hydrogen-bond acceptors (Lipinski definition) is 6. The zero-order valence-electron chi connectivity index (χ0n) is 15.0. The van der Waals surface area contributed by atoms with E-state index in [-0.39, 0.29) is 28.6 Å². The van der Waals surface area contributed by atoms with Gasteiger partial charge < -0.3 is 19.7 Å². The average Bonchev–Trinajstić information content (AvgIpc) is 2.66. The Morgan fingerprint density at radius 3 is 2.32 bits per heavy atom. The zero-order valence-corrected chi connectivity index (χ0v) is 15.8. The molecule has 0 atom stereocenters. The van der Waals surface area contributed by atoms with E-state index >= 15 is 0 Å². The molecular formula is C20H18O7S. The van der Waals surface area contributed by atoms with Gasteiger partial charge in [0, 0.05) is 6.07 Å². The van der Waals surface area contributed by atoms with Crippen molar-refractivity contribution in [2.24, 2.45) is 0 Å². The van der Waals surface area contributed by atoms with Crippen LogP contribution in [-0.2, 0) is 9.84 Å². The fourth-order valence-electron chi connectivity index (χ4n) is 2.69. The fraction of sp³-hybridized carbons (Fsp3) is 0.150. The largest absolute Gasteiger partial charge is 0.507 e. The van der Waals surface area contributed by atoms with Gasteiger partial charge >= 0.3 is 5.97 Å². The number of fused-ring (bicyclic) bond motifs is 1. The van der Waals surface area contributed by atoms with Gasteiger partial charge in [-0.05, 0) is 47.2 Å². The summed E-state index contributed by atoms with van der Waals surface area (Å²) in [6, 6.07) is 13.9. The van der Waals surface area contributed by atoms with E-state index in [4.69, 9.17) is 14.6 Å². The molecule has 0 bridgehead atoms. The van der Waals surface area contributed by atoms with Crippen molar-refractivity contribution in [3.63, 3.8) is 0 Å². The quantitative estimate of drug-likeness (QED) is 0.625. The average molecular weight is 402 g/mol. The second-order valence-electron chi connectivity index (χ2n) is 6.03. The third-order valence-electron chi connectivity index (χ3n) is 4.20. The summed E-state index contributed by atoms with van der Waals surface area (Å²) in [4.78, 5) is 11.1. The lowest BCUT2D eigenvalue weighted by atomic mass is 10.1. The molecule has 0 aliphatic heterocycles. The minimum atomic E-state index is -3.58. The van der Waals surface area contributed by atoms with Crippen molar-refractivity contribution in [1.29, 1.82) is 0 Å². The molecule has 8 heteroatoms. The number of hydrogen-bond donors (Lipinski definition) is 2. The maximum Gasteiger partial charge on any atom is 0.339 e. The van der Waals surface area contributed by atoms with Crippen LogP contribution in [0.25, 0.3) is 10.8 Å². The highest BCUT2D eigenvalue weighted by Crippen LogP contribution is 2.25. The fourth-order valence-corrected chi connectivity index (χ4v) is 3.81. The van der Waals surface area contributed by atoms with Gasteiger partial charge in [0.25, 0.3) is 0 Å². The van der Waals surface area contributed by atoms with Gasteiger partial charge in [-0.1, -0.05) is 12.1 Å². The molecule has 0 aromatic heterocycles. The van der Waals surface area contributed by atoms with Crippen LogP contribution >= 0.6 is 0 Å². The van der Waals surface area contributed by atoms with Crippen molar-refractivity contribution in [1.82, 2.24) is 0 Å². The predicted octanol–water partition coefficient (Wildman–Crippen LogP) is 3.10. The topological polar surface area (TPSA) is 110 Å². The Labute approximate surface area is 161 Å². The smallest absolute Gasteiger partial charge is 0.339 e. The molecule has 3 aromatic rings. The lowest BCUT2D eigenvalue weighted by molar-refractivity contribution is 0.0693. The highest BCUT2D eigenvalue weighted by molar-refractivity contribution is 7.91. The second-order valence-corrected chi connectivity index (χ2v) is 8.14. The van der Waals surface area contributed by atoms with Crippen molar-refractivity contribution < 1.29 is 32.9 Å². The van der Waals surface area contributed by atoms with Gasteiger partial charge in [-0.3, -0.25) is 0 Å². The Kier molecular flexibility index (Phi) is 5.41. The molecule has 0 heterocycles. The summed E-state index contributed by atoms with van der Waals surface area (Å²) >= 11 is 0. The first-order valence-electron chi connectivity index (χ1n) is 8.30. The normalized spacial score (nSPS) is 11.3. The number of sulfone groups is 1. The van der Waals surface area contributed by atoms with Gasteiger partial charge in [0.1, 0.15) is 29.4 Å². The minimum absolute atomic E-state index is 0.144. The van der Waals surface area contributed by atoms with Crippen molar-refractivity contribution in [3.05, 3.63) is 60.2 Å². The number of carboxylic acid groups (broad SMARTS) is 1. The summed E-state index contributed by atoms with van der Waals surface area (Å²) in [6.07, 6.45) is 0. The Morgan fingerprint density at radius 2 is 1.64 bits per heavy atom. The van der Waals surface area contributed by atoms with Gasteiger partial charge in [0.15, 0.2) is 9.84 Å². The van der Waals surface area contributed by atoms with Gasteiger partial charge in [0.05, 0.1) is 17.8 Å². The van der Waals surface area contributed by atoms with Crippen LogP contribution in [0.15, 0.2) is 59.5 Å². The molecule has 0 spiro atoms. The molecule has 0 aliphatic rings. The highest BCUT2D eigenvalue weighted by Gasteiger charge is 2.16. The van der Waals surface area contributed by atoms with Crippen LogP contribution in [0.5, 0.6) is 17.2 Å². The SMILES string of the molecule is COc1ccc2cc(S(=O)(=O)CCOc3ccc(C(=O)O)c(O)c3)ccc2c1. The number of carbonyl (C=O) groups is 1. The molecule has 0 fully saturated rings. The molecule has 3 rings (SSSR count). The van der Waals surface area contributed by atoms with Gasteiger partial charge in [-0.2, -0.15) is 0 Å². The number of methoxy groups -OCH3 is 1. The summed E-state index contributed by atoms with van der Waals surface area (Å²) in [5, 5.41) is 20.2. The standard InChI is InChI=1S/C20H18O7S/c1-26-15-4-2-14-11-17(6-3-13(14)10-15)28(24,25)9-8-27-16-5-7-18(20(22)23)19(21)12-16/h2-7,10-12,21H,8-9H2,1H3,(H,22,23). The third-order valence-corrected chi connectivity index (χ3v) is 5.87. The number of rotatable bonds is 7. The van der Waals surface area contributed by atoms with Crippen LogP contribution in [0.4, 0.5) is 0 Å². The van der Waals surface area contributed by atoms with Crippen LogP contribution in [0.2, 0.25) is 0 Å². The van der Waals surface area contributed by atoms with E-state index in [0.29, 0.717) is 5.75 Å². The molecule has 0 saturated carbocycles. The molecular weight excluding hydrogens is 384 g/mol. The van der Waals surface area contributed by atoms with E-state index in [1.165, 1.54) is 18.2 Å². The monoisotopic (exact) mass is 402 g/mol. The van der Waals surface area contributed by atoms with Crippen molar-refractivity contribution >= 4 is 26.6 Å². The highest BCUT2D eigenvalue weighted by atomic mass is 32.2.